The van der Waals surface area contributed by atoms with Gasteiger partial charge in [0, 0.05) is 5.56 Å². The minimum Gasteiger partial charge on any atom is -0.337 e. The molecule has 2 amide bonds. The van der Waals surface area contributed by atoms with Crippen LogP contribution in [-0.4, -0.2) is 39.7 Å². The van der Waals surface area contributed by atoms with Crippen LogP contribution in [-0.2, 0) is 4.79 Å². The molecule has 0 aliphatic carbocycles. The van der Waals surface area contributed by atoms with Crippen molar-refractivity contribution in [3.05, 3.63) is 70.4 Å². The molecule has 2 heterocycles. The van der Waals surface area contributed by atoms with Gasteiger partial charge >= 0.3 is 0 Å². The van der Waals surface area contributed by atoms with E-state index in [1.807, 2.05) is 6.07 Å². The number of carbonyl (C=O) groups excluding carboxylic acids is 2. The molecular formula is C20H12ClF2N5O2. The highest BCUT2D eigenvalue weighted by Gasteiger charge is 2.27. The fourth-order valence-electron chi connectivity index (χ4n) is 3.08. The Morgan fingerprint density at radius 3 is 2.67 bits per heavy atom. The van der Waals surface area contributed by atoms with Crippen LogP contribution in [0.3, 0.4) is 0 Å². The van der Waals surface area contributed by atoms with Gasteiger partial charge < -0.3 is 10.2 Å². The molecule has 0 spiro atoms. The summed E-state index contributed by atoms with van der Waals surface area (Å²) < 4.78 is 29.0. The van der Waals surface area contributed by atoms with Gasteiger partial charge in [0.15, 0.2) is 5.69 Å². The molecule has 0 bridgehead atoms. The lowest BCUT2D eigenvalue weighted by molar-refractivity contribution is -0.118. The number of hydrogen-bond donors (Lipinski definition) is 1. The second-order valence-electron chi connectivity index (χ2n) is 6.53. The third-order valence-electron chi connectivity index (χ3n) is 4.49. The smallest absolute Gasteiger partial charge is 0.276 e. The summed E-state index contributed by atoms with van der Waals surface area (Å²) in [6, 6.07) is 10.8. The molecule has 7 nitrogen and oxygen atoms in total. The van der Waals surface area contributed by atoms with Crippen molar-refractivity contribution < 1.29 is 18.4 Å². The molecule has 2 aromatic carbocycles. The summed E-state index contributed by atoms with van der Waals surface area (Å²) in [6.07, 6.45) is 0. The van der Waals surface area contributed by atoms with Crippen molar-refractivity contribution in [1.82, 2.24) is 20.0 Å². The highest BCUT2D eigenvalue weighted by Crippen LogP contribution is 2.28. The van der Waals surface area contributed by atoms with Crippen molar-refractivity contribution in [1.29, 1.82) is 5.26 Å². The SMILES string of the molecule is N#Cc1cc(F)cc(-c2cc(C(=O)N3CNC(=O)C3)nn2-c2ccc(F)c(Cl)c2)c1. The van der Waals surface area contributed by atoms with E-state index >= 15 is 0 Å². The molecular weight excluding hydrogens is 416 g/mol. The van der Waals surface area contributed by atoms with Crippen LogP contribution in [0.5, 0.6) is 0 Å². The number of halogens is 3. The fraction of sp³-hybridized carbons (Fsp3) is 0.100. The molecule has 0 atom stereocenters. The Balaban J connectivity index is 1.87. The van der Waals surface area contributed by atoms with E-state index in [9.17, 15) is 18.4 Å². The molecule has 1 saturated heterocycles. The number of aromatic nitrogens is 2. The molecule has 0 radical (unpaired) electrons. The van der Waals surface area contributed by atoms with E-state index in [-0.39, 0.29) is 46.7 Å². The van der Waals surface area contributed by atoms with Gasteiger partial charge in [-0.1, -0.05) is 11.6 Å². The molecule has 1 fully saturated rings. The van der Waals surface area contributed by atoms with Crippen molar-refractivity contribution in [2.45, 2.75) is 0 Å². The number of benzene rings is 2. The van der Waals surface area contributed by atoms with Gasteiger partial charge in [-0.05, 0) is 42.5 Å². The molecule has 0 unspecified atom stereocenters. The van der Waals surface area contributed by atoms with Crippen LogP contribution in [0.1, 0.15) is 16.1 Å². The van der Waals surface area contributed by atoms with Crippen LogP contribution in [0.4, 0.5) is 8.78 Å². The van der Waals surface area contributed by atoms with Gasteiger partial charge in [0.05, 0.1) is 34.7 Å². The summed E-state index contributed by atoms with van der Waals surface area (Å²) in [7, 11) is 0. The third-order valence-corrected chi connectivity index (χ3v) is 4.78. The van der Waals surface area contributed by atoms with Crippen LogP contribution >= 0.6 is 11.6 Å². The van der Waals surface area contributed by atoms with Gasteiger partial charge in [0.25, 0.3) is 5.91 Å². The number of nitrogens with zero attached hydrogens (tertiary/aromatic N) is 4. The summed E-state index contributed by atoms with van der Waals surface area (Å²) >= 11 is 5.88. The zero-order valence-corrected chi connectivity index (χ0v) is 16.0. The lowest BCUT2D eigenvalue weighted by Gasteiger charge is -2.10. The molecule has 1 aliphatic heterocycles. The van der Waals surface area contributed by atoms with E-state index in [1.54, 1.807) is 0 Å². The molecule has 1 N–H and O–H groups in total. The van der Waals surface area contributed by atoms with Crippen LogP contribution in [0.15, 0.2) is 42.5 Å². The maximum absolute atomic E-state index is 14.0. The first-order valence-corrected chi connectivity index (χ1v) is 9.06. The maximum atomic E-state index is 14.0. The number of rotatable bonds is 3. The number of hydrogen-bond acceptors (Lipinski definition) is 4. The molecule has 10 heteroatoms. The van der Waals surface area contributed by atoms with E-state index in [0.717, 1.165) is 12.1 Å². The van der Waals surface area contributed by atoms with Gasteiger partial charge in [0.2, 0.25) is 5.91 Å². The molecule has 4 rings (SSSR count). The molecule has 30 heavy (non-hydrogen) atoms. The Kier molecular flexibility index (Phi) is 4.93. The summed E-state index contributed by atoms with van der Waals surface area (Å²) in [5, 5.41) is 15.8. The van der Waals surface area contributed by atoms with Gasteiger partial charge in [-0.3, -0.25) is 9.59 Å². The minimum atomic E-state index is -0.642. The molecule has 1 aromatic heterocycles. The highest BCUT2D eigenvalue weighted by atomic mass is 35.5. The summed E-state index contributed by atoms with van der Waals surface area (Å²) in [5.41, 5.74) is 0.973. The zero-order chi connectivity index (χ0) is 21.4. The van der Waals surface area contributed by atoms with Gasteiger partial charge in [-0.2, -0.15) is 10.4 Å². The quantitative estimate of drug-likeness (QED) is 0.695. The summed E-state index contributed by atoms with van der Waals surface area (Å²) in [4.78, 5) is 25.5. The Labute approximate surface area is 174 Å². The summed E-state index contributed by atoms with van der Waals surface area (Å²) in [6.45, 7) is -0.0667. The second kappa shape index (κ2) is 7.57. The topological polar surface area (TPSA) is 91.0 Å². The van der Waals surface area contributed by atoms with E-state index in [1.165, 1.54) is 39.9 Å². The van der Waals surface area contributed by atoms with E-state index < -0.39 is 17.5 Å². The third kappa shape index (κ3) is 3.60. The zero-order valence-electron chi connectivity index (χ0n) is 15.2. The summed E-state index contributed by atoms with van der Waals surface area (Å²) in [5.74, 6) is -2.09. The second-order valence-corrected chi connectivity index (χ2v) is 6.93. The Hall–Kier alpha value is -3.77. The maximum Gasteiger partial charge on any atom is 0.276 e. The predicted octanol–water partition coefficient (Wildman–Crippen LogP) is 2.87. The van der Waals surface area contributed by atoms with Crippen LogP contribution in [0.25, 0.3) is 16.9 Å². The van der Waals surface area contributed by atoms with Crippen molar-refractivity contribution in [3.63, 3.8) is 0 Å². The lowest BCUT2D eigenvalue weighted by Crippen LogP contribution is -2.30. The monoisotopic (exact) mass is 427 g/mol. The van der Waals surface area contributed by atoms with Crippen molar-refractivity contribution >= 4 is 23.4 Å². The van der Waals surface area contributed by atoms with Gasteiger partial charge in [0.1, 0.15) is 18.2 Å². The Morgan fingerprint density at radius 1 is 1.20 bits per heavy atom. The standard InChI is InChI=1S/C20H12ClF2N5O2/c21-15-6-14(1-2-16(15)23)28-18(12-3-11(8-24)4-13(22)5-12)7-17(26-28)20(30)27-9-19(29)25-10-27/h1-7H,9-10H2,(H,25,29). The minimum absolute atomic E-state index is 0.00952. The van der Waals surface area contributed by atoms with E-state index in [0.29, 0.717) is 5.69 Å². The fourth-order valence-corrected chi connectivity index (χ4v) is 3.26. The molecule has 1 aliphatic rings. The number of nitrogens with one attached hydrogen (secondary N) is 1. The Bertz CT molecular complexity index is 1230. The van der Waals surface area contributed by atoms with Crippen molar-refractivity contribution in [3.8, 4) is 23.0 Å². The number of carbonyl (C=O) groups is 2. The van der Waals surface area contributed by atoms with Crippen LogP contribution in [0.2, 0.25) is 5.02 Å². The highest BCUT2D eigenvalue weighted by molar-refractivity contribution is 6.30. The van der Waals surface area contributed by atoms with E-state index in [4.69, 9.17) is 16.9 Å². The predicted molar refractivity (Wildman–Crippen MR) is 103 cm³/mol. The van der Waals surface area contributed by atoms with Gasteiger partial charge in [-0.25, -0.2) is 13.5 Å². The first-order valence-electron chi connectivity index (χ1n) is 8.68. The van der Waals surface area contributed by atoms with Crippen LogP contribution < -0.4 is 5.32 Å². The first kappa shape index (κ1) is 19.5. The molecule has 150 valence electrons. The van der Waals surface area contributed by atoms with Gasteiger partial charge in [-0.15, -0.1) is 0 Å². The molecule has 0 saturated carbocycles. The normalized spacial score (nSPS) is 13.3. The molecule has 3 aromatic rings. The van der Waals surface area contributed by atoms with E-state index in [2.05, 4.69) is 10.4 Å². The number of nitriles is 1. The average Bonchev–Trinajstić information content (AvgIpc) is 3.36. The lowest BCUT2D eigenvalue weighted by atomic mass is 10.1. The average molecular weight is 428 g/mol. The van der Waals surface area contributed by atoms with Crippen molar-refractivity contribution in [2.75, 3.05) is 13.2 Å². The Morgan fingerprint density at radius 2 is 2.00 bits per heavy atom. The number of amides is 2. The van der Waals surface area contributed by atoms with Crippen molar-refractivity contribution in [2.24, 2.45) is 0 Å². The first-order chi connectivity index (χ1) is 14.4. The largest absolute Gasteiger partial charge is 0.337 e. The van der Waals surface area contributed by atoms with Crippen LogP contribution in [0, 0.1) is 23.0 Å².